The molecular formula is C24H30ClN5O8S2. The predicted octanol–water partition coefficient (Wildman–Crippen LogP) is 2.46. The standard InChI is InChI=1S/C22H24ClN5O2.C2H6O6S2/c23-15-6-7-20-18(14-15)25-22(30)28(20)16-8-12-26(13-9-16)10-3-11-27-19-5-2-1-4-17(19)24-21(27)29;1-2(9(3,4)5)10(6,7)8/h1-2,4-7,14,16H,3,8-13H2,(H,24,29)(H,25,30);2H,1H3,(H,3,4,5)(H,6,7,8). The number of aromatic amines is 2. The Kier molecular flexibility index (Phi) is 8.92. The van der Waals surface area contributed by atoms with E-state index < -0.39 is 24.8 Å². The fraction of sp³-hybridized carbons (Fsp3) is 0.417. The van der Waals surface area contributed by atoms with Gasteiger partial charge in [0.25, 0.3) is 20.2 Å². The molecule has 0 aliphatic carbocycles. The topological polar surface area (TPSA) is 188 Å². The number of hydrogen-bond donors (Lipinski definition) is 4. The zero-order valence-electron chi connectivity index (χ0n) is 21.5. The van der Waals surface area contributed by atoms with Gasteiger partial charge in [-0.1, -0.05) is 23.7 Å². The number of hydrogen-bond acceptors (Lipinski definition) is 7. The van der Waals surface area contributed by atoms with E-state index in [0.29, 0.717) is 18.5 Å². The van der Waals surface area contributed by atoms with Crippen molar-refractivity contribution in [2.75, 3.05) is 19.6 Å². The number of likely N-dealkylation sites (tertiary alicyclic amines) is 1. The Labute approximate surface area is 234 Å². The first-order valence-corrected chi connectivity index (χ1v) is 15.9. The number of aryl methyl sites for hydroxylation is 1. The highest BCUT2D eigenvalue weighted by Gasteiger charge is 2.29. The lowest BCUT2D eigenvalue weighted by molar-refractivity contribution is 0.183. The van der Waals surface area contributed by atoms with Crippen molar-refractivity contribution in [2.45, 2.75) is 43.4 Å². The molecule has 0 unspecified atom stereocenters. The quantitative estimate of drug-likeness (QED) is 0.226. The highest BCUT2D eigenvalue weighted by molar-refractivity contribution is 8.03. The van der Waals surface area contributed by atoms with Gasteiger partial charge in [0.05, 0.1) is 22.1 Å². The summed E-state index contributed by atoms with van der Waals surface area (Å²) in [6.45, 7) is 4.19. The number of piperidine rings is 1. The van der Waals surface area contributed by atoms with Crippen LogP contribution in [-0.4, -0.2) is 74.2 Å². The van der Waals surface area contributed by atoms with Crippen molar-refractivity contribution in [1.82, 2.24) is 24.0 Å². The number of H-pyrrole nitrogens is 2. The van der Waals surface area contributed by atoms with Crippen molar-refractivity contribution >= 4 is 53.9 Å². The van der Waals surface area contributed by atoms with Crippen LogP contribution in [0.4, 0.5) is 0 Å². The molecule has 40 heavy (non-hydrogen) atoms. The molecule has 1 aliphatic heterocycles. The number of rotatable bonds is 7. The van der Waals surface area contributed by atoms with Crippen LogP contribution in [0.5, 0.6) is 0 Å². The Morgan fingerprint density at radius 3 is 2.15 bits per heavy atom. The average molecular weight is 616 g/mol. The Morgan fingerprint density at radius 1 is 0.900 bits per heavy atom. The molecule has 4 aromatic rings. The first kappa shape index (κ1) is 30.0. The SMILES string of the molecule is CC(S(=O)(=O)O)S(=O)(=O)O.O=c1[nH]c2ccccc2n1CCCN1CCC(n2c(=O)[nH]c3cc(Cl)ccc32)CC1. The Morgan fingerprint density at radius 2 is 1.52 bits per heavy atom. The molecule has 2 aromatic heterocycles. The smallest absolute Gasteiger partial charge is 0.306 e. The minimum atomic E-state index is -4.70. The van der Waals surface area contributed by atoms with E-state index in [-0.39, 0.29) is 17.4 Å². The van der Waals surface area contributed by atoms with Gasteiger partial charge in [0, 0.05) is 30.7 Å². The van der Waals surface area contributed by atoms with Gasteiger partial charge in [0.1, 0.15) is 0 Å². The summed E-state index contributed by atoms with van der Waals surface area (Å²) in [6, 6.07) is 13.5. The van der Waals surface area contributed by atoms with E-state index in [0.717, 1.165) is 61.0 Å². The van der Waals surface area contributed by atoms with Crippen molar-refractivity contribution in [1.29, 1.82) is 0 Å². The maximum atomic E-state index is 12.5. The van der Waals surface area contributed by atoms with Crippen LogP contribution in [0.3, 0.4) is 0 Å². The number of halogens is 1. The molecule has 4 N–H and O–H groups in total. The number of imidazole rings is 2. The second kappa shape index (κ2) is 11.9. The van der Waals surface area contributed by atoms with Crippen LogP contribution in [0.2, 0.25) is 5.02 Å². The van der Waals surface area contributed by atoms with Crippen LogP contribution in [0.15, 0.2) is 52.1 Å². The minimum Gasteiger partial charge on any atom is -0.306 e. The molecule has 0 saturated carbocycles. The van der Waals surface area contributed by atoms with Gasteiger partial charge in [0.2, 0.25) is 4.58 Å². The van der Waals surface area contributed by atoms with E-state index >= 15 is 0 Å². The van der Waals surface area contributed by atoms with Gasteiger partial charge in [-0.2, -0.15) is 16.8 Å². The Balaban J connectivity index is 0.000000318. The van der Waals surface area contributed by atoms with Gasteiger partial charge in [-0.15, -0.1) is 0 Å². The summed E-state index contributed by atoms with van der Waals surface area (Å²) in [5.74, 6) is 0. The zero-order chi connectivity index (χ0) is 29.2. The van der Waals surface area contributed by atoms with E-state index in [1.165, 1.54) is 0 Å². The van der Waals surface area contributed by atoms with Crippen molar-refractivity contribution < 1.29 is 25.9 Å². The van der Waals surface area contributed by atoms with Crippen LogP contribution >= 0.6 is 11.6 Å². The van der Waals surface area contributed by atoms with Crippen molar-refractivity contribution in [2.24, 2.45) is 0 Å². The summed E-state index contributed by atoms with van der Waals surface area (Å²) < 4.78 is 57.6. The van der Waals surface area contributed by atoms with E-state index in [1.807, 2.05) is 45.5 Å². The molecular weight excluding hydrogens is 586 g/mol. The van der Waals surface area contributed by atoms with E-state index in [4.69, 9.17) is 20.7 Å². The number of nitrogens with zero attached hydrogens (tertiary/aromatic N) is 3. The maximum absolute atomic E-state index is 12.5. The van der Waals surface area contributed by atoms with Gasteiger partial charge in [-0.25, -0.2) is 9.59 Å². The summed E-state index contributed by atoms with van der Waals surface area (Å²) >= 11 is 6.05. The summed E-state index contributed by atoms with van der Waals surface area (Å²) in [6.07, 6.45) is 2.78. The zero-order valence-corrected chi connectivity index (χ0v) is 23.9. The largest absolute Gasteiger partial charge is 0.326 e. The lowest BCUT2D eigenvalue weighted by Crippen LogP contribution is -2.37. The normalized spacial score (nSPS) is 15.5. The van der Waals surface area contributed by atoms with Crippen LogP contribution in [-0.2, 0) is 26.8 Å². The van der Waals surface area contributed by atoms with Gasteiger partial charge < -0.3 is 14.9 Å². The monoisotopic (exact) mass is 615 g/mol. The minimum absolute atomic E-state index is 0.0475. The summed E-state index contributed by atoms with van der Waals surface area (Å²) in [5.41, 5.74) is 3.44. The molecule has 0 radical (unpaired) electrons. The summed E-state index contributed by atoms with van der Waals surface area (Å²) in [4.78, 5) is 32.9. The van der Waals surface area contributed by atoms with E-state index in [2.05, 4.69) is 14.9 Å². The van der Waals surface area contributed by atoms with Gasteiger partial charge >= 0.3 is 11.4 Å². The number of nitrogens with one attached hydrogen (secondary N) is 2. The van der Waals surface area contributed by atoms with E-state index in [1.54, 1.807) is 6.07 Å². The fourth-order valence-electron chi connectivity index (χ4n) is 4.80. The Bertz CT molecular complexity index is 1800. The summed E-state index contributed by atoms with van der Waals surface area (Å²) in [7, 11) is -9.40. The number of para-hydroxylation sites is 2. The summed E-state index contributed by atoms with van der Waals surface area (Å²) in [5, 5.41) is 0.625. The molecule has 0 bridgehead atoms. The van der Waals surface area contributed by atoms with Gasteiger partial charge in [-0.05, 0) is 63.1 Å². The molecule has 0 spiro atoms. The molecule has 16 heteroatoms. The highest BCUT2D eigenvalue weighted by Crippen LogP contribution is 2.26. The molecule has 218 valence electrons. The fourth-order valence-corrected chi connectivity index (χ4v) is 6.20. The molecule has 0 atom stereocenters. The Hall–Kier alpha value is -2.95. The molecule has 3 heterocycles. The first-order valence-electron chi connectivity index (χ1n) is 12.5. The first-order chi connectivity index (χ1) is 18.8. The third-order valence-electron chi connectivity index (χ3n) is 6.98. The molecule has 5 rings (SSSR count). The van der Waals surface area contributed by atoms with E-state index in [9.17, 15) is 26.4 Å². The lowest BCUT2D eigenvalue weighted by atomic mass is 10.0. The van der Waals surface area contributed by atoms with Crippen LogP contribution in [0, 0.1) is 0 Å². The molecule has 1 aliphatic rings. The van der Waals surface area contributed by atoms with Crippen molar-refractivity contribution in [3.63, 3.8) is 0 Å². The number of aromatic nitrogens is 4. The predicted molar refractivity (Wildman–Crippen MR) is 152 cm³/mol. The van der Waals surface area contributed by atoms with Crippen molar-refractivity contribution in [3.8, 4) is 0 Å². The molecule has 1 saturated heterocycles. The van der Waals surface area contributed by atoms with Crippen LogP contribution < -0.4 is 11.4 Å². The molecule has 13 nitrogen and oxygen atoms in total. The molecule has 0 amide bonds. The lowest BCUT2D eigenvalue weighted by Gasteiger charge is -2.32. The van der Waals surface area contributed by atoms with Crippen LogP contribution in [0.1, 0.15) is 32.2 Å². The third kappa shape index (κ3) is 6.85. The third-order valence-corrected chi connectivity index (χ3v) is 10.3. The second-order valence-electron chi connectivity index (χ2n) is 9.58. The highest BCUT2D eigenvalue weighted by atomic mass is 35.5. The second-order valence-corrected chi connectivity index (χ2v) is 13.8. The maximum Gasteiger partial charge on any atom is 0.326 e. The van der Waals surface area contributed by atoms with Crippen molar-refractivity contribution in [3.05, 3.63) is 68.5 Å². The van der Waals surface area contributed by atoms with Gasteiger partial charge in [-0.3, -0.25) is 18.2 Å². The number of benzene rings is 2. The van der Waals surface area contributed by atoms with Crippen LogP contribution in [0.25, 0.3) is 22.1 Å². The number of fused-ring (bicyclic) bond motifs is 2. The molecule has 2 aromatic carbocycles. The average Bonchev–Trinajstić information content (AvgIpc) is 3.38. The van der Waals surface area contributed by atoms with Gasteiger partial charge in [0.15, 0.2) is 0 Å². The molecule has 1 fully saturated rings.